The molecular weight excluding hydrogens is 290 g/mol. The fourth-order valence-corrected chi connectivity index (χ4v) is 3.09. The number of nitrogens with one attached hydrogen (secondary N) is 2. The van der Waals surface area contributed by atoms with Gasteiger partial charge in [0.25, 0.3) is 0 Å². The first-order chi connectivity index (χ1) is 11.2. The standard InChI is InChI=1S/C8H16N2O.C8H15NO.C2H6/c1-9-6-8-2-4-10(7-11)5-3-8;1-7(10)9-8-5-3-2-4-6-8;1-2/h7-9H,2-6H2,1H3;8H,2-6H2,1H3,(H,9,10);1-2H3. The number of amides is 2. The number of hydrogen-bond acceptors (Lipinski definition) is 3. The van der Waals surface area contributed by atoms with E-state index in [2.05, 4.69) is 10.6 Å². The van der Waals surface area contributed by atoms with Crippen LogP contribution in [0.4, 0.5) is 0 Å². The van der Waals surface area contributed by atoms with Gasteiger partial charge in [-0.15, -0.1) is 0 Å². The van der Waals surface area contributed by atoms with Crippen molar-refractivity contribution in [3.63, 3.8) is 0 Å². The van der Waals surface area contributed by atoms with E-state index in [-0.39, 0.29) is 5.91 Å². The van der Waals surface area contributed by atoms with Crippen LogP contribution in [0.3, 0.4) is 0 Å². The maximum Gasteiger partial charge on any atom is 0.217 e. The third kappa shape index (κ3) is 11.1. The van der Waals surface area contributed by atoms with E-state index in [4.69, 9.17) is 0 Å². The minimum atomic E-state index is 0.118. The van der Waals surface area contributed by atoms with Crippen molar-refractivity contribution < 1.29 is 9.59 Å². The van der Waals surface area contributed by atoms with Crippen molar-refractivity contribution >= 4 is 12.3 Å². The minimum absolute atomic E-state index is 0.118. The van der Waals surface area contributed by atoms with Gasteiger partial charge in [-0.05, 0) is 45.2 Å². The molecule has 5 nitrogen and oxygen atoms in total. The first-order valence-electron chi connectivity index (χ1n) is 9.26. The van der Waals surface area contributed by atoms with Crippen LogP contribution in [0.2, 0.25) is 0 Å². The zero-order valence-electron chi connectivity index (χ0n) is 15.6. The molecule has 0 aromatic rings. The van der Waals surface area contributed by atoms with Gasteiger partial charge < -0.3 is 15.5 Å². The Morgan fingerprint density at radius 3 is 2.09 bits per heavy atom. The van der Waals surface area contributed by atoms with Crippen LogP contribution >= 0.6 is 0 Å². The molecule has 1 aliphatic carbocycles. The summed E-state index contributed by atoms with van der Waals surface area (Å²) in [6.07, 6.45) is 9.53. The Morgan fingerprint density at radius 1 is 1.09 bits per heavy atom. The number of carbonyl (C=O) groups is 2. The number of hydrogen-bond donors (Lipinski definition) is 2. The molecule has 2 aliphatic rings. The molecule has 0 radical (unpaired) electrons. The zero-order valence-corrected chi connectivity index (χ0v) is 15.6. The molecule has 136 valence electrons. The highest BCUT2D eigenvalue weighted by Gasteiger charge is 2.16. The fourth-order valence-electron chi connectivity index (χ4n) is 3.09. The van der Waals surface area contributed by atoms with E-state index in [0.717, 1.165) is 44.8 Å². The smallest absolute Gasteiger partial charge is 0.217 e. The molecule has 0 aromatic heterocycles. The topological polar surface area (TPSA) is 61.4 Å². The molecule has 5 heteroatoms. The Kier molecular flexibility index (Phi) is 13.8. The van der Waals surface area contributed by atoms with E-state index >= 15 is 0 Å². The van der Waals surface area contributed by atoms with Gasteiger partial charge >= 0.3 is 0 Å². The molecule has 2 fully saturated rings. The third-order valence-electron chi connectivity index (χ3n) is 4.30. The number of likely N-dealkylation sites (tertiary alicyclic amines) is 1. The second-order valence-corrected chi connectivity index (χ2v) is 6.18. The highest BCUT2D eigenvalue weighted by molar-refractivity contribution is 5.73. The summed E-state index contributed by atoms with van der Waals surface area (Å²) in [6.45, 7) is 8.56. The lowest BCUT2D eigenvalue weighted by Gasteiger charge is -2.28. The van der Waals surface area contributed by atoms with Gasteiger partial charge in [-0.25, -0.2) is 0 Å². The molecular formula is C18H37N3O2. The Labute approximate surface area is 142 Å². The van der Waals surface area contributed by atoms with Gasteiger partial charge in [-0.3, -0.25) is 9.59 Å². The number of rotatable bonds is 4. The van der Waals surface area contributed by atoms with Gasteiger partial charge in [0.05, 0.1) is 0 Å². The Morgan fingerprint density at radius 2 is 1.65 bits per heavy atom. The summed E-state index contributed by atoms with van der Waals surface area (Å²) in [5.74, 6) is 0.892. The molecule has 0 spiro atoms. The quantitative estimate of drug-likeness (QED) is 0.780. The lowest BCUT2D eigenvalue weighted by atomic mass is 9.95. The maximum atomic E-state index is 10.6. The van der Waals surface area contributed by atoms with E-state index < -0.39 is 0 Å². The number of nitrogens with zero attached hydrogens (tertiary/aromatic N) is 1. The molecule has 1 saturated carbocycles. The molecule has 23 heavy (non-hydrogen) atoms. The summed E-state index contributed by atoms with van der Waals surface area (Å²) in [4.78, 5) is 22.8. The van der Waals surface area contributed by atoms with Crippen molar-refractivity contribution in [2.24, 2.45) is 5.92 Å². The van der Waals surface area contributed by atoms with Crippen molar-refractivity contribution in [3.8, 4) is 0 Å². The molecule has 2 N–H and O–H groups in total. The van der Waals surface area contributed by atoms with Crippen LogP contribution in [-0.2, 0) is 9.59 Å². The summed E-state index contributed by atoms with van der Waals surface area (Å²) >= 11 is 0. The summed E-state index contributed by atoms with van der Waals surface area (Å²) < 4.78 is 0. The second kappa shape index (κ2) is 14.5. The maximum absolute atomic E-state index is 10.6. The van der Waals surface area contributed by atoms with Crippen molar-refractivity contribution in [1.29, 1.82) is 0 Å². The first kappa shape index (κ1) is 21.9. The fraction of sp³-hybridized carbons (Fsp3) is 0.889. The van der Waals surface area contributed by atoms with Crippen LogP contribution in [0, 0.1) is 5.92 Å². The lowest BCUT2D eigenvalue weighted by molar-refractivity contribution is -0.120. The van der Waals surface area contributed by atoms with Gasteiger partial charge in [-0.2, -0.15) is 0 Å². The Hall–Kier alpha value is -1.10. The Bertz CT molecular complexity index is 297. The molecule has 0 unspecified atom stereocenters. The molecule has 0 bridgehead atoms. The largest absolute Gasteiger partial charge is 0.354 e. The normalized spacial score (nSPS) is 18.9. The van der Waals surface area contributed by atoms with E-state index in [0.29, 0.717) is 6.04 Å². The average molecular weight is 328 g/mol. The molecule has 0 atom stereocenters. The molecule has 1 aliphatic heterocycles. The van der Waals surface area contributed by atoms with Crippen molar-refractivity contribution in [2.75, 3.05) is 26.7 Å². The molecule has 0 aromatic carbocycles. The summed E-state index contributed by atoms with van der Waals surface area (Å²) in [6, 6.07) is 0.478. The van der Waals surface area contributed by atoms with Crippen molar-refractivity contribution in [2.45, 2.75) is 71.8 Å². The Balaban J connectivity index is 0.000000381. The average Bonchev–Trinajstić information content (AvgIpc) is 2.59. The van der Waals surface area contributed by atoms with E-state index in [1.54, 1.807) is 6.92 Å². The predicted molar refractivity (Wildman–Crippen MR) is 96.3 cm³/mol. The van der Waals surface area contributed by atoms with Crippen LogP contribution in [-0.4, -0.2) is 49.9 Å². The van der Waals surface area contributed by atoms with E-state index in [1.165, 1.54) is 32.1 Å². The van der Waals surface area contributed by atoms with Gasteiger partial charge in [0, 0.05) is 26.1 Å². The number of carbonyl (C=O) groups excluding carboxylic acids is 2. The summed E-state index contributed by atoms with van der Waals surface area (Å²) in [5.41, 5.74) is 0. The first-order valence-corrected chi connectivity index (χ1v) is 9.26. The molecule has 1 saturated heterocycles. The third-order valence-corrected chi connectivity index (χ3v) is 4.30. The van der Waals surface area contributed by atoms with E-state index in [1.807, 2.05) is 25.8 Å². The van der Waals surface area contributed by atoms with Crippen LogP contribution < -0.4 is 10.6 Å². The molecule has 2 amide bonds. The minimum Gasteiger partial charge on any atom is -0.354 e. The van der Waals surface area contributed by atoms with Crippen LogP contribution in [0.5, 0.6) is 0 Å². The van der Waals surface area contributed by atoms with Crippen molar-refractivity contribution in [3.05, 3.63) is 0 Å². The van der Waals surface area contributed by atoms with Crippen LogP contribution in [0.15, 0.2) is 0 Å². The molecule has 2 rings (SSSR count). The van der Waals surface area contributed by atoms with Crippen molar-refractivity contribution in [1.82, 2.24) is 15.5 Å². The van der Waals surface area contributed by atoms with Crippen LogP contribution in [0.25, 0.3) is 0 Å². The zero-order chi connectivity index (χ0) is 17.5. The SMILES string of the molecule is CC.CC(=O)NC1CCCCC1.CNCC1CCN(C=O)CC1. The van der Waals surface area contributed by atoms with Gasteiger partial charge in [0.1, 0.15) is 0 Å². The lowest BCUT2D eigenvalue weighted by Crippen LogP contribution is -2.35. The molecule has 1 heterocycles. The van der Waals surface area contributed by atoms with E-state index in [9.17, 15) is 9.59 Å². The number of piperidine rings is 1. The monoisotopic (exact) mass is 327 g/mol. The highest BCUT2D eigenvalue weighted by atomic mass is 16.1. The van der Waals surface area contributed by atoms with Gasteiger partial charge in [0.15, 0.2) is 0 Å². The highest BCUT2D eigenvalue weighted by Crippen LogP contribution is 2.17. The van der Waals surface area contributed by atoms with Crippen LogP contribution in [0.1, 0.15) is 65.7 Å². The predicted octanol–water partition coefficient (Wildman–Crippen LogP) is 2.56. The second-order valence-electron chi connectivity index (χ2n) is 6.18. The van der Waals surface area contributed by atoms with Gasteiger partial charge in [-0.1, -0.05) is 33.1 Å². The summed E-state index contributed by atoms with van der Waals surface area (Å²) in [5, 5.41) is 6.11. The van der Waals surface area contributed by atoms with Gasteiger partial charge in [0.2, 0.25) is 12.3 Å². The summed E-state index contributed by atoms with van der Waals surface area (Å²) in [7, 11) is 1.98.